The molecular formula is C57H50N6O. The summed E-state index contributed by atoms with van der Waals surface area (Å²) in [6, 6.07) is 52.8. The van der Waals surface area contributed by atoms with Crippen molar-refractivity contribution in [2.24, 2.45) is 0 Å². The number of nitrogens with one attached hydrogen (secondary N) is 4. The highest BCUT2D eigenvalue weighted by Gasteiger charge is 2.35. The number of anilines is 2. The number of nitrogens with zero attached hydrogens (tertiary/aromatic N) is 2. The number of furan rings is 1. The molecule has 1 saturated heterocycles. The van der Waals surface area contributed by atoms with E-state index in [-0.39, 0.29) is 18.5 Å². The molecule has 3 unspecified atom stereocenters. The molecule has 4 aliphatic rings. The van der Waals surface area contributed by atoms with Crippen molar-refractivity contribution in [3.05, 3.63) is 210 Å². The van der Waals surface area contributed by atoms with Gasteiger partial charge in [-0.15, -0.1) is 0 Å². The summed E-state index contributed by atoms with van der Waals surface area (Å²) in [7, 11) is 2.18. The van der Waals surface area contributed by atoms with E-state index in [1.165, 1.54) is 61.2 Å². The van der Waals surface area contributed by atoms with E-state index in [1.807, 2.05) is 0 Å². The molecule has 314 valence electrons. The molecule has 2 aliphatic heterocycles. The Kier molecular flexibility index (Phi) is 9.74. The highest BCUT2D eigenvalue weighted by Crippen LogP contribution is 2.43. The van der Waals surface area contributed by atoms with Crippen LogP contribution in [0.25, 0.3) is 61.5 Å². The zero-order chi connectivity index (χ0) is 42.6. The van der Waals surface area contributed by atoms with Crippen molar-refractivity contribution in [3.63, 3.8) is 0 Å². The maximum absolute atomic E-state index is 6.64. The third-order valence-electron chi connectivity index (χ3n) is 13.5. The summed E-state index contributed by atoms with van der Waals surface area (Å²) in [6.07, 6.45) is 17.5. The molecule has 2 aromatic heterocycles. The van der Waals surface area contributed by atoms with Crippen LogP contribution < -0.4 is 26.2 Å². The first-order valence-electron chi connectivity index (χ1n) is 22.7. The van der Waals surface area contributed by atoms with E-state index < -0.39 is 0 Å². The Morgan fingerprint density at radius 2 is 1.41 bits per heavy atom. The van der Waals surface area contributed by atoms with Gasteiger partial charge in [-0.1, -0.05) is 115 Å². The van der Waals surface area contributed by atoms with E-state index in [0.717, 1.165) is 64.9 Å². The molecule has 7 nitrogen and oxygen atoms in total. The van der Waals surface area contributed by atoms with Gasteiger partial charge in [-0.25, -0.2) is 0 Å². The number of fused-ring (bicyclic) bond motifs is 6. The zero-order valence-corrected chi connectivity index (χ0v) is 35.9. The van der Waals surface area contributed by atoms with Gasteiger partial charge in [0.1, 0.15) is 11.3 Å². The standard InChI is InChI=1S/C57H50N6O/c1-62(43-28-31-52-47(34-43)54-48(35-58-36-53(54)64-52)57-60-55(38-18-8-3-9-19-38)59-56(61-57)39-20-10-4-11-21-39)49-29-26-40(32-45(49)37-16-6-2-7-17-37)41-27-30-51-46(33-41)44-24-14-15-25-50(44)63(51)42-22-12-5-13-23-42/h2-10,12-13,15-20,22-23,25-35,55-61H,11,14,21,24,36H2,1H3. The minimum atomic E-state index is -0.146. The summed E-state index contributed by atoms with van der Waals surface area (Å²) in [5.74, 6) is 0.949. The monoisotopic (exact) mass is 834 g/mol. The predicted octanol–water partition coefficient (Wildman–Crippen LogP) is 12.3. The lowest BCUT2D eigenvalue weighted by atomic mass is 9.94. The summed E-state index contributed by atoms with van der Waals surface area (Å²) in [6.45, 7) is 0.632. The molecule has 8 aromatic rings. The van der Waals surface area contributed by atoms with E-state index in [1.54, 1.807) is 0 Å². The molecule has 12 rings (SSSR count). The smallest absolute Gasteiger partial charge is 0.135 e. The maximum Gasteiger partial charge on any atom is 0.135 e. The van der Waals surface area contributed by atoms with E-state index in [2.05, 4.69) is 220 Å². The average Bonchev–Trinajstić information content (AvgIpc) is 3.92. The van der Waals surface area contributed by atoms with Gasteiger partial charge in [-0.2, -0.15) is 0 Å². The summed E-state index contributed by atoms with van der Waals surface area (Å²) in [4.78, 5) is 2.33. The fraction of sp³-hybridized carbons (Fsp3) is 0.158. The first-order chi connectivity index (χ1) is 31.6. The SMILES string of the molecule is CN(c1ccc2oc3c(c2c1)C(C1NC(C2=CC=CCC2)NC(c2ccccc2)N1)=CNC3)c1ccc(-c2ccc3c(c2)c2c(n3-c3ccccc3)C=CCC2)cc1-c1ccccc1. The summed E-state index contributed by atoms with van der Waals surface area (Å²) in [5, 5.41) is 17.7. The van der Waals surface area contributed by atoms with Gasteiger partial charge in [-0.05, 0) is 120 Å². The summed E-state index contributed by atoms with van der Waals surface area (Å²) >= 11 is 0. The van der Waals surface area contributed by atoms with E-state index in [9.17, 15) is 0 Å². The number of allylic oxidation sites excluding steroid dienone is 4. The van der Waals surface area contributed by atoms with Gasteiger partial charge in [0.15, 0.2) is 0 Å². The van der Waals surface area contributed by atoms with Crippen molar-refractivity contribution in [1.82, 2.24) is 25.8 Å². The lowest BCUT2D eigenvalue weighted by Crippen LogP contribution is -2.64. The Hall–Kier alpha value is -7.16. The van der Waals surface area contributed by atoms with Crippen LogP contribution in [0.15, 0.2) is 186 Å². The molecule has 0 radical (unpaired) electrons. The first kappa shape index (κ1) is 38.5. The number of hydrogen-bond donors (Lipinski definition) is 4. The van der Waals surface area contributed by atoms with Crippen molar-refractivity contribution in [2.45, 2.75) is 50.7 Å². The minimum absolute atomic E-state index is 0.00619. The number of benzene rings is 6. The number of hydrogen-bond acceptors (Lipinski definition) is 6. The van der Waals surface area contributed by atoms with E-state index >= 15 is 0 Å². The topological polar surface area (TPSA) is 69.4 Å². The highest BCUT2D eigenvalue weighted by atomic mass is 16.3. The van der Waals surface area contributed by atoms with Crippen molar-refractivity contribution in [1.29, 1.82) is 0 Å². The van der Waals surface area contributed by atoms with Crippen molar-refractivity contribution >= 4 is 44.9 Å². The fourth-order valence-corrected chi connectivity index (χ4v) is 10.3. The van der Waals surface area contributed by atoms with Crippen LogP contribution in [0.3, 0.4) is 0 Å². The Labute approximate surface area is 374 Å². The largest absolute Gasteiger partial charge is 0.459 e. The molecule has 0 bridgehead atoms. The molecule has 64 heavy (non-hydrogen) atoms. The van der Waals surface area contributed by atoms with E-state index in [4.69, 9.17) is 4.42 Å². The zero-order valence-electron chi connectivity index (χ0n) is 35.9. The van der Waals surface area contributed by atoms with Gasteiger partial charge in [0, 0.05) is 63.5 Å². The molecule has 4 heterocycles. The number of rotatable bonds is 8. The molecule has 6 aromatic carbocycles. The molecule has 0 amide bonds. The lowest BCUT2D eigenvalue weighted by molar-refractivity contribution is 0.250. The molecule has 7 heteroatoms. The number of aryl methyl sites for hydroxylation is 1. The van der Waals surface area contributed by atoms with Crippen LogP contribution in [-0.2, 0) is 13.0 Å². The third kappa shape index (κ3) is 6.81. The van der Waals surface area contributed by atoms with Gasteiger partial charge >= 0.3 is 0 Å². The quantitative estimate of drug-likeness (QED) is 0.122. The van der Waals surface area contributed by atoms with E-state index in [0.29, 0.717) is 6.54 Å². The number of aromatic nitrogens is 1. The maximum atomic E-state index is 6.64. The van der Waals surface area contributed by atoms with Crippen LogP contribution >= 0.6 is 0 Å². The molecule has 0 spiro atoms. The Morgan fingerprint density at radius 1 is 0.656 bits per heavy atom. The van der Waals surface area contributed by atoms with Gasteiger partial charge in [0.25, 0.3) is 0 Å². The first-order valence-corrected chi connectivity index (χ1v) is 22.7. The second-order valence-corrected chi connectivity index (χ2v) is 17.3. The predicted molar refractivity (Wildman–Crippen MR) is 263 cm³/mol. The third-order valence-corrected chi connectivity index (χ3v) is 13.5. The molecule has 4 N–H and O–H groups in total. The van der Waals surface area contributed by atoms with Gasteiger partial charge in [0.2, 0.25) is 0 Å². The molecule has 2 aliphatic carbocycles. The Morgan fingerprint density at radius 3 is 2.23 bits per heavy atom. The molecule has 0 saturated carbocycles. The normalized spacial score (nSPS) is 19.2. The molecular weight excluding hydrogens is 785 g/mol. The second-order valence-electron chi connectivity index (χ2n) is 17.3. The van der Waals surface area contributed by atoms with Gasteiger partial charge < -0.3 is 19.2 Å². The second kappa shape index (κ2) is 16.2. The van der Waals surface area contributed by atoms with Crippen molar-refractivity contribution < 1.29 is 4.42 Å². The summed E-state index contributed by atoms with van der Waals surface area (Å²) < 4.78 is 9.06. The lowest BCUT2D eigenvalue weighted by Gasteiger charge is -2.41. The van der Waals surface area contributed by atoms with Crippen molar-refractivity contribution in [3.8, 4) is 27.9 Å². The minimum Gasteiger partial charge on any atom is -0.459 e. The van der Waals surface area contributed by atoms with Crippen molar-refractivity contribution in [2.75, 3.05) is 11.9 Å². The highest BCUT2D eigenvalue weighted by molar-refractivity contribution is 5.98. The summed E-state index contributed by atoms with van der Waals surface area (Å²) in [5.41, 5.74) is 17.9. The van der Waals surface area contributed by atoms with Gasteiger partial charge in [0.05, 0.1) is 30.6 Å². The molecule has 3 atom stereocenters. The van der Waals surface area contributed by atoms with Crippen LogP contribution in [0.1, 0.15) is 53.6 Å². The van der Waals surface area contributed by atoms with Crippen LogP contribution in [0, 0.1) is 0 Å². The molecule has 1 fully saturated rings. The average molecular weight is 835 g/mol. The number of para-hydroxylation sites is 1. The van der Waals surface area contributed by atoms with Crippen LogP contribution in [0.5, 0.6) is 0 Å². The van der Waals surface area contributed by atoms with Gasteiger partial charge in [-0.3, -0.25) is 16.0 Å². The Balaban J connectivity index is 0.916. The Bertz CT molecular complexity index is 3170. The van der Waals surface area contributed by atoms with Crippen LogP contribution in [0.4, 0.5) is 11.4 Å². The van der Waals surface area contributed by atoms with Crippen LogP contribution in [-0.4, -0.2) is 23.9 Å². The van der Waals surface area contributed by atoms with Crippen LogP contribution in [0.2, 0.25) is 0 Å². The fourth-order valence-electron chi connectivity index (χ4n) is 10.3.